The van der Waals surface area contributed by atoms with Gasteiger partial charge in [0.1, 0.15) is 0 Å². The minimum atomic E-state index is -2.07. The van der Waals surface area contributed by atoms with E-state index in [-0.39, 0.29) is 0 Å². The Labute approximate surface area is 109 Å². The van der Waals surface area contributed by atoms with E-state index >= 15 is 0 Å². The second kappa shape index (κ2) is 6.57. The fraction of sp³-hybridized carbons (Fsp3) is 1.00. The first kappa shape index (κ1) is 16.7. The van der Waals surface area contributed by atoms with Crippen LogP contribution in [0.4, 0.5) is 0 Å². The first-order valence-corrected chi connectivity index (χ1v) is 12.3. The fourth-order valence-corrected chi connectivity index (χ4v) is 12.8. The highest BCUT2D eigenvalue weighted by atomic mass is 35.6. The second-order valence-corrected chi connectivity index (χ2v) is 16.1. The van der Waals surface area contributed by atoms with Gasteiger partial charge >= 0.3 is 0 Å². The Kier molecular flexibility index (Phi) is 6.85. The van der Waals surface area contributed by atoms with Gasteiger partial charge < -0.3 is 4.12 Å². The first-order chi connectivity index (χ1) is 7.28. The van der Waals surface area contributed by atoms with Crippen LogP contribution in [0.2, 0.25) is 29.2 Å². The largest absolute Gasteiger partial charge is 0.444 e. The summed E-state index contributed by atoms with van der Waals surface area (Å²) in [6, 6.07) is 3.59. The van der Waals surface area contributed by atoms with E-state index in [2.05, 4.69) is 48.5 Å². The molecule has 0 unspecified atom stereocenters. The molecule has 0 atom stereocenters. The molecule has 0 amide bonds. The number of halogens is 1. The predicted octanol–water partition coefficient (Wildman–Crippen LogP) is 5.51. The molecule has 4 heteroatoms. The summed E-state index contributed by atoms with van der Waals surface area (Å²) < 4.78 is 6.64. The van der Waals surface area contributed by atoms with E-state index in [1.165, 1.54) is 18.1 Å². The highest BCUT2D eigenvalue weighted by molar-refractivity contribution is 7.20. The Morgan fingerprint density at radius 1 is 0.875 bits per heavy atom. The molecule has 0 spiro atoms. The van der Waals surface area contributed by atoms with Crippen molar-refractivity contribution in [1.29, 1.82) is 0 Å². The van der Waals surface area contributed by atoms with Crippen LogP contribution >= 0.6 is 11.1 Å². The van der Waals surface area contributed by atoms with Crippen LogP contribution in [0.3, 0.4) is 0 Å². The SMILES string of the molecule is CC[Si](CC)(CC)O[Si](Cl)(C(C)C)C(C)C. The average Bonchev–Trinajstić information content (AvgIpc) is 2.25. The lowest BCUT2D eigenvalue weighted by molar-refractivity contribution is 0.503. The molecule has 16 heavy (non-hydrogen) atoms. The molecule has 0 aromatic carbocycles. The first-order valence-electron chi connectivity index (χ1n) is 6.67. The highest BCUT2D eigenvalue weighted by Crippen LogP contribution is 2.41. The lowest BCUT2D eigenvalue weighted by atomic mass is 10.5. The second-order valence-electron chi connectivity index (χ2n) is 5.35. The number of hydrogen-bond acceptors (Lipinski definition) is 1. The normalized spacial score (nSPS) is 13.9. The van der Waals surface area contributed by atoms with E-state index in [9.17, 15) is 0 Å². The van der Waals surface area contributed by atoms with Crippen LogP contribution < -0.4 is 0 Å². The Morgan fingerprint density at radius 2 is 1.19 bits per heavy atom. The quantitative estimate of drug-likeness (QED) is 0.441. The molecule has 0 N–H and O–H groups in total. The summed E-state index contributed by atoms with van der Waals surface area (Å²) in [6.07, 6.45) is 0. The third-order valence-electron chi connectivity index (χ3n) is 3.88. The molecule has 0 aliphatic rings. The van der Waals surface area contributed by atoms with E-state index in [0.717, 1.165) is 0 Å². The molecule has 1 nitrogen and oxygen atoms in total. The van der Waals surface area contributed by atoms with Gasteiger partial charge in [-0.25, -0.2) is 0 Å². The van der Waals surface area contributed by atoms with E-state index in [1.54, 1.807) is 0 Å². The molecule has 0 aromatic rings. The van der Waals surface area contributed by atoms with Gasteiger partial charge in [0.15, 0.2) is 8.32 Å². The van der Waals surface area contributed by atoms with Crippen molar-refractivity contribution >= 4 is 27.0 Å². The van der Waals surface area contributed by atoms with Gasteiger partial charge in [0.2, 0.25) is 0 Å². The van der Waals surface area contributed by atoms with Crippen molar-refractivity contribution in [3.05, 3.63) is 0 Å². The molecule has 98 valence electrons. The van der Waals surface area contributed by atoms with Gasteiger partial charge in [-0.2, -0.15) is 0 Å². The van der Waals surface area contributed by atoms with Gasteiger partial charge in [-0.15, -0.1) is 11.1 Å². The summed E-state index contributed by atoms with van der Waals surface area (Å²) in [4.78, 5) is 0. The summed E-state index contributed by atoms with van der Waals surface area (Å²) in [5.41, 5.74) is 0.983. The summed E-state index contributed by atoms with van der Waals surface area (Å²) in [6.45, 7) is 15.7. The monoisotopic (exact) mass is 280 g/mol. The molecule has 0 bridgehead atoms. The summed E-state index contributed by atoms with van der Waals surface area (Å²) >= 11 is 6.88. The van der Waals surface area contributed by atoms with E-state index in [4.69, 9.17) is 15.2 Å². The van der Waals surface area contributed by atoms with Crippen molar-refractivity contribution in [2.24, 2.45) is 0 Å². The van der Waals surface area contributed by atoms with Crippen LogP contribution in [0.1, 0.15) is 48.5 Å². The minimum Gasteiger partial charge on any atom is -0.444 e. The Balaban J connectivity index is 4.99. The van der Waals surface area contributed by atoms with Crippen molar-refractivity contribution in [3.63, 3.8) is 0 Å². The zero-order valence-electron chi connectivity index (χ0n) is 12.1. The molecule has 0 fully saturated rings. The Morgan fingerprint density at radius 3 is 1.38 bits per heavy atom. The van der Waals surface area contributed by atoms with Crippen molar-refractivity contribution in [2.45, 2.75) is 77.7 Å². The maximum absolute atomic E-state index is 6.88. The molecular formula is C12H29ClOSi2. The number of rotatable bonds is 7. The van der Waals surface area contributed by atoms with Crippen LogP contribution in [-0.2, 0) is 4.12 Å². The van der Waals surface area contributed by atoms with E-state index in [1.807, 2.05) is 0 Å². The maximum Gasteiger partial charge on any atom is 0.285 e. The molecule has 0 aliphatic heterocycles. The number of hydrogen-bond donors (Lipinski definition) is 0. The Hall–Kier alpha value is 0.684. The van der Waals surface area contributed by atoms with Crippen LogP contribution in [-0.4, -0.2) is 15.9 Å². The zero-order valence-corrected chi connectivity index (χ0v) is 14.8. The van der Waals surface area contributed by atoms with Crippen LogP contribution in [0.25, 0.3) is 0 Å². The molecule has 0 aliphatic carbocycles. The summed E-state index contributed by atoms with van der Waals surface area (Å²) in [5.74, 6) is 0. The third kappa shape index (κ3) is 3.59. The smallest absolute Gasteiger partial charge is 0.285 e. The molecular weight excluding hydrogens is 252 g/mol. The van der Waals surface area contributed by atoms with Crippen molar-refractivity contribution in [2.75, 3.05) is 0 Å². The average molecular weight is 281 g/mol. The third-order valence-corrected chi connectivity index (χ3v) is 17.2. The van der Waals surface area contributed by atoms with Gasteiger partial charge in [0, 0.05) is 0 Å². The van der Waals surface area contributed by atoms with Crippen LogP contribution in [0.5, 0.6) is 0 Å². The molecule has 0 saturated carbocycles. The molecule has 0 rings (SSSR count). The van der Waals surface area contributed by atoms with Crippen LogP contribution in [0.15, 0.2) is 0 Å². The zero-order chi connectivity index (χ0) is 13.0. The van der Waals surface area contributed by atoms with Gasteiger partial charge in [-0.05, 0) is 29.2 Å². The van der Waals surface area contributed by atoms with Gasteiger partial charge in [-0.3, -0.25) is 0 Å². The lowest BCUT2D eigenvalue weighted by Gasteiger charge is -2.41. The van der Waals surface area contributed by atoms with Crippen molar-refractivity contribution < 1.29 is 4.12 Å². The molecule has 0 heterocycles. The van der Waals surface area contributed by atoms with E-state index < -0.39 is 15.9 Å². The minimum absolute atomic E-state index is 0.491. The molecule has 0 aromatic heterocycles. The van der Waals surface area contributed by atoms with Gasteiger partial charge in [0.25, 0.3) is 7.63 Å². The van der Waals surface area contributed by atoms with Crippen molar-refractivity contribution in [3.8, 4) is 0 Å². The van der Waals surface area contributed by atoms with Gasteiger partial charge in [-0.1, -0.05) is 48.5 Å². The topological polar surface area (TPSA) is 9.23 Å². The van der Waals surface area contributed by atoms with E-state index in [0.29, 0.717) is 11.1 Å². The maximum atomic E-state index is 6.88. The molecule has 0 saturated heterocycles. The predicted molar refractivity (Wildman–Crippen MR) is 80.1 cm³/mol. The van der Waals surface area contributed by atoms with Crippen LogP contribution in [0, 0.1) is 0 Å². The fourth-order valence-electron chi connectivity index (χ4n) is 2.20. The summed E-state index contributed by atoms with van der Waals surface area (Å²) in [7, 11) is -3.62. The Bertz CT molecular complexity index is 187. The summed E-state index contributed by atoms with van der Waals surface area (Å²) in [5, 5.41) is 0. The van der Waals surface area contributed by atoms with Gasteiger partial charge in [0.05, 0.1) is 0 Å². The standard InChI is InChI=1S/C12H29ClOSi2/c1-8-15(9-2,10-3)14-16(13,11(4)5)12(6)7/h11-12H,8-10H2,1-7H3. The lowest BCUT2D eigenvalue weighted by Crippen LogP contribution is -2.51. The van der Waals surface area contributed by atoms with Crippen molar-refractivity contribution in [1.82, 2.24) is 0 Å². The highest BCUT2D eigenvalue weighted by Gasteiger charge is 2.46. The molecule has 0 radical (unpaired) electrons.